The van der Waals surface area contributed by atoms with E-state index >= 15 is 0 Å². The first-order valence-corrected chi connectivity index (χ1v) is 4.60. The summed E-state index contributed by atoms with van der Waals surface area (Å²) in [4.78, 5) is 6.20. The first kappa shape index (κ1) is 11.1. The van der Waals surface area contributed by atoms with Crippen LogP contribution >= 0.6 is 0 Å². The Morgan fingerprint density at radius 3 is 2.64 bits per heavy atom. The van der Waals surface area contributed by atoms with Crippen LogP contribution in [-0.4, -0.2) is 41.7 Å². The van der Waals surface area contributed by atoms with E-state index in [4.69, 9.17) is 10.8 Å². The lowest BCUT2D eigenvalue weighted by atomic mass is 10.0. The molecule has 2 unspecified atom stereocenters. The van der Waals surface area contributed by atoms with Gasteiger partial charge < -0.3 is 10.8 Å². The number of hydrogen-bond acceptors (Lipinski definition) is 4. The van der Waals surface area contributed by atoms with Crippen LogP contribution in [0.15, 0.2) is 24.4 Å². The van der Waals surface area contributed by atoms with Gasteiger partial charge in [-0.15, -0.1) is 0 Å². The third-order valence-corrected chi connectivity index (χ3v) is 2.16. The summed E-state index contributed by atoms with van der Waals surface area (Å²) in [6.45, 7) is -0.0422. The molecule has 0 aliphatic carbocycles. The van der Waals surface area contributed by atoms with E-state index in [-0.39, 0.29) is 18.7 Å². The molecule has 0 radical (unpaired) electrons. The number of hydrogen-bond donors (Lipinski definition) is 2. The molecule has 0 fully saturated rings. The quantitative estimate of drug-likeness (QED) is 0.710. The van der Waals surface area contributed by atoms with Gasteiger partial charge in [0.05, 0.1) is 18.3 Å². The SMILES string of the molecule is CN(C)C(c1ccccn1)C(N)CO. The van der Waals surface area contributed by atoms with Crippen LogP contribution in [0.5, 0.6) is 0 Å². The first-order valence-electron chi connectivity index (χ1n) is 4.60. The summed E-state index contributed by atoms with van der Waals surface area (Å²) in [6.07, 6.45) is 1.73. The topological polar surface area (TPSA) is 62.4 Å². The minimum absolute atomic E-state index is 0.0406. The fourth-order valence-electron chi connectivity index (χ4n) is 1.52. The molecular formula is C10H17N3O. The molecule has 0 aliphatic rings. The smallest absolute Gasteiger partial charge is 0.0691 e. The molecule has 0 spiro atoms. The van der Waals surface area contributed by atoms with E-state index in [1.165, 1.54) is 0 Å². The normalized spacial score (nSPS) is 15.5. The lowest BCUT2D eigenvalue weighted by Gasteiger charge is -2.28. The highest BCUT2D eigenvalue weighted by Crippen LogP contribution is 2.17. The largest absolute Gasteiger partial charge is 0.395 e. The lowest BCUT2D eigenvalue weighted by molar-refractivity contribution is 0.178. The Morgan fingerprint density at radius 1 is 1.50 bits per heavy atom. The molecule has 0 amide bonds. The van der Waals surface area contributed by atoms with E-state index in [0.717, 1.165) is 5.69 Å². The molecule has 1 heterocycles. The summed E-state index contributed by atoms with van der Waals surface area (Å²) in [5, 5.41) is 9.04. The van der Waals surface area contributed by atoms with E-state index in [9.17, 15) is 0 Å². The number of aromatic nitrogens is 1. The van der Waals surface area contributed by atoms with Crippen LogP contribution in [0.25, 0.3) is 0 Å². The Hall–Kier alpha value is -0.970. The number of aliphatic hydroxyl groups is 1. The first-order chi connectivity index (χ1) is 6.66. The average Bonchev–Trinajstić information content (AvgIpc) is 2.19. The molecule has 2 atom stereocenters. The Labute approximate surface area is 84.4 Å². The number of likely N-dealkylation sites (N-methyl/N-ethyl adjacent to an activating group) is 1. The van der Waals surface area contributed by atoms with E-state index < -0.39 is 0 Å². The van der Waals surface area contributed by atoms with Gasteiger partial charge in [-0.05, 0) is 26.2 Å². The Kier molecular flexibility index (Phi) is 4.00. The maximum atomic E-state index is 9.04. The van der Waals surface area contributed by atoms with Crippen molar-refractivity contribution in [3.63, 3.8) is 0 Å². The summed E-state index contributed by atoms with van der Waals surface area (Å²) >= 11 is 0. The molecule has 0 bridgehead atoms. The summed E-state index contributed by atoms with van der Waals surface area (Å²) in [5.41, 5.74) is 6.71. The third-order valence-electron chi connectivity index (χ3n) is 2.16. The van der Waals surface area contributed by atoms with Crippen LogP contribution in [-0.2, 0) is 0 Å². The highest BCUT2D eigenvalue weighted by Gasteiger charge is 2.22. The number of pyridine rings is 1. The van der Waals surface area contributed by atoms with Gasteiger partial charge in [-0.25, -0.2) is 0 Å². The van der Waals surface area contributed by atoms with E-state index in [2.05, 4.69) is 4.98 Å². The van der Waals surface area contributed by atoms with Crippen molar-refractivity contribution in [2.24, 2.45) is 5.73 Å². The van der Waals surface area contributed by atoms with Crippen LogP contribution in [0, 0.1) is 0 Å². The summed E-state index contributed by atoms with van der Waals surface area (Å²) in [6, 6.07) is 5.35. The molecule has 0 aliphatic heterocycles. The summed E-state index contributed by atoms with van der Waals surface area (Å²) in [5.74, 6) is 0. The predicted molar refractivity (Wildman–Crippen MR) is 55.7 cm³/mol. The van der Waals surface area contributed by atoms with Gasteiger partial charge in [0.15, 0.2) is 0 Å². The fraction of sp³-hybridized carbons (Fsp3) is 0.500. The second-order valence-corrected chi connectivity index (χ2v) is 3.51. The van der Waals surface area contributed by atoms with Gasteiger partial charge >= 0.3 is 0 Å². The minimum Gasteiger partial charge on any atom is -0.395 e. The van der Waals surface area contributed by atoms with Crippen molar-refractivity contribution in [2.75, 3.05) is 20.7 Å². The molecule has 1 rings (SSSR count). The van der Waals surface area contributed by atoms with Crippen LogP contribution in [0.1, 0.15) is 11.7 Å². The monoisotopic (exact) mass is 195 g/mol. The molecule has 0 aromatic carbocycles. The number of nitrogens with two attached hydrogens (primary N) is 1. The number of rotatable bonds is 4. The van der Waals surface area contributed by atoms with Crippen molar-refractivity contribution in [3.05, 3.63) is 30.1 Å². The van der Waals surface area contributed by atoms with Crippen molar-refractivity contribution in [1.29, 1.82) is 0 Å². The molecule has 1 aromatic heterocycles. The van der Waals surface area contributed by atoms with Gasteiger partial charge in [-0.3, -0.25) is 9.88 Å². The van der Waals surface area contributed by atoms with Crippen molar-refractivity contribution >= 4 is 0 Å². The van der Waals surface area contributed by atoms with Crippen molar-refractivity contribution < 1.29 is 5.11 Å². The molecule has 4 nitrogen and oxygen atoms in total. The van der Waals surface area contributed by atoms with Crippen molar-refractivity contribution in [3.8, 4) is 0 Å². The summed E-state index contributed by atoms with van der Waals surface area (Å²) in [7, 11) is 3.85. The zero-order valence-electron chi connectivity index (χ0n) is 8.59. The van der Waals surface area contributed by atoms with Crippen LogP contribution < -0.4 is 5.73 Å². The second-order valence-electron chi connectivity index (χ2n) is 3.51. The van der Waals surface area contributed by atoms with Gasteiger partial charge in [0.2, 0.25) is 0 Å². The zero-order chi connectivity index (χ0) is 10.6. The van der Waals surface area contributed by atoms with Gasteiger partial charge in [-0.1, -0.05) is 6.07 Å². The van der Waals surface area contributed by atoms with Crippen LogP contribution in [0.4, 0.5) is 0 Å². The maximum absolute atomic E-state index is 9.04. The van der Waals surface area contributed by atoms with Gasteiger partial charge in [0.1, 0.15) is 0 Å². The van der Waals surface area contributed by atoms with Crippen LogP contribution in [0.3, 0.4) is 0 Å². The Morgan fingerprint density at radius 2 is 2.21 bits per heavy atom. The van der Waals surface area contributed by atoms with E-state index in [1.54, 1.807) is 6.20 Å². The number of aliphatic hydroxyl groups excluding tert-OH is 1. The lowest BCUT2D eigenvalue weighted by Crippen LogP contribution is -2.40. The molecule has 3 N–H and O–H groups in total. The van der Waals surface area contributed by atoms with Gasteiger partial charge in [-0.2, -0.15) is 0 Å². The molecule has 0 saturated heterocycles. The average molecular weight is 195 g/mol. The van der Waals surface area contributed by atoms with Gasteiger partial charge in [0, 0.05) is 12.2 Å². The Balaban J connectivity index is 2.89. The fourth-order valence-corrected chi connectivity index (χ4v) is 1.52. The molecule has 4 heteroatoms. The molecule has 0 saturated carbocycles. The highest BCUT2D eigenvalue weighted by atomic mass is 16.3. The number of nitrogens with zero attached hydrogens (tertiary/aromatic N) is 2. The second kappa shape index (κ2) is 5.05. The molecule has 1 aromatic rings. The molecule has 78 valence electrons. The standard InChI is InChI=1S/C10H17N3O/c1-13(2)10(8(11)7-14)9-5-3-4-6-12-9/h3-6,8,10,14H,7,11H2,1-2H3. The Bertz CT molecular complexity index is 263. The third kappa shape index (κ3) is 2.51. The van der Waals surface area contributed by atoms with E-state index in [1.807, 2.05) is 37.2 Å². The predicted octanol–water partition coefficient (Wildman–Crippen LogP) is 0.00390. The zero-order valence-corrected chi connectivity index (χ0v) is 8.59. The molecular weight excluding hydrogens is 178 g/mol. The van der Waals surface area contributed by atoms with Crippen LogP contribution in [0.2, 0.25) is 0 Å². The summed E-state index contributed by atoms with van der Waals surface area (Å²) < 4.78 is 0. The maximum Gasteiger partial charge on any atom is 0.0691 e. The van der Waals surface area contributed by atoms with Crippen molar-refractivity contribution in [2.45, 2.75) is 12.1 Å². The highest BCUT2D eigenvalue weighted by molar-refractivity contribution is 5.11. The van der Waals surface area contributed by atoms with E-state index in [0.29, 0.717) is 0 Å². The van der Waals surface area contributed by atoms with Crippen molar-refractivity contribution in [1.82, 2.24) is 9.88 Å². The molecule has 14 heavy (non-hydrogen) atoms. The minimum atomic E-state index is -0.306. The van der Waals surface area contributed by atoms with Gasteiger partial charge in [0.25, 0.3) is 0 Å².